The van der Waals surface area contributed by atoms with Crippen LogP contribution in [-0.2, 0) is 13.5 Å². The maximum atomic E-state index is 8.85. The van der Waals surface area contributed by atoms with Crippen molar-refractivity contribution in [3.05, 3.63) is 17.0 Å². The first kappa shape index (κ1) is 16.5. The van der Waals surface area contributed by atoms with Crippen molar-refractivity contribution >= 4 is 5.96 Å². The smallest absolute Gasteiger partial charge is 0.191 e. The third kappa shape index (κ3) is 4.52. The molecule has 0 aromatic carbocycles. The van der Waals surface area contributed by atoms with E-state index in [4.69, 9.17) is 5.11 Å². The molecular weight excluding hydrogens is 254 g/mol. The van der Waals surface area contributed by atoms with Crippen LogP contribution in [0.15, 0.2) is 4.99 Å². The lowest BCUT2D eigenvalue weighted by atomic mass is 10.1. The molecule has 3 N–H and O–H groups in total. The minimum atomic E-state index is 0.0613. The molecule has 1 heterocycles. The van der Waals surface area contributed by atoms with Gasteiger partial charge in [0.15, 0.2) is 5.96 Å². The van der Waals surface area contributed by atoms with E-state index in [0.29, 0.717) is 6.54 Å². The third-order valence-electron chi connectivity index (χ3n) is 3.27. The fraction of sp³-hybridized carbons (Fsp3) is 0.714. The standard InChI is InChI=1S/C14H27N5O/c1-6-15-14(16-7-8-20)17-10(2)9-13-11(3)18-19(5)12(13)4/h10,20H,6-9H2,1-5H3,(H2,15,16,17). The number of aliphatic hydroxyl groups excluding tert-OH is 1. The highest BCUT2D eigenvalue weighted by atomic mass is 16.3. The number of aromatic nitrogens is 2. The van der Waals surface area contributed by atoms with E-state index in [1.807, 2.05) is 25.6 Å². The van der Waals surface area contributed by atoms with Gasteiger partial charge in [0, 0.05) is 25.3 Å². The summed E-state index contributed by atoms with van der Waals surface area (Å²) in [6, 6.07) is 0.244. The van der Waals surface area contributed by atoms with Gasteiger partial charge in [0.2, 0.25) is 0 Å². The first-order chi connectivity index (χ1) is 9.49. The van der Waals surface area contributed by atoms with E-state index in [1.54, 1.807) is 0 Å². The average Bonchev–Trinajstić information content (AvgIpc) is 2.63. The van der Waals surface area contributed by atoms with Crippen molar-refractivity contribution in [3.8, 4) is 0 Å². The van der Waals surface area contributed by atoms with Gasteiger partial charge in [0.25, 0.3) is 0 Å². The lowest BCUT2D eigenvalue weighted by Gasteiger charge is -2.18. The number of aliphatic imine (C=N–C) groups is 1. The molecule has 6 heteroatoms. The van der Waals surface area contributed by atoms with Crippen LogP contribution in [0.2, 0.25) is 0 Å². The van der Waals surface area contributed by atoms with Gasteiger partial charge in [-0.25, -0.2) is 0 Å². The monoisotopic (exact) mass is 281 g/mol. The third-order valence-corrected chi connectivity index (χ3v) is 3.27. The normalized spacial score (nSPS) is 13.4. The summed E-state index contributed by atoms with van der Waals surface area (Å²) in [6.45, 7) is 9.55. The largest absolute Gasteiger partial charge is 0.394 e. The molecule has 6 nitrogen and oxygen atoms in total. The van der Waals surface area contributed by atoms with Gasteiger partial charge in [-0.3, -0.25) is 9.67 Å². The summed E-state index contributed by atoms with van der Waals surface area (Å²) in [5.41, 5.74) is 3.56. The first-order valence-corrected chi connectivity index (χ1v) is 7.14. The second-order valence-corrected chi connectivity index (χ2v) is 5.01. The van der Waals surface area contributed by atoms with E-state index in [9.17, 15) is 0 Å². The highest BCUT2D eigenvalue weighted by Gasteiger charge is 2.13. The van der Waals surface area contributed by atoms with Gasteiger partial charge in [0.1, 0.15) is 0 Å². The van der Waals surface area contributed by atoms with E-state index >= 15 is 0 Å². The number of aryl methyl sites for hydroxylation is 2. The number of nitrogens with one attached hydrogen (secondary N) is 2. The maximum Gasteiger partial charge on any atom is 0.191 e. The molecule has 114 valence electrons. The summed E-state index contributed by atoms with van der Waals surface area (Å²) in [4.78, 5) is 4.29. The second kappa shape index (κ2) is 7.89. The number of guanidine groups is 1. The molecule has 0 aliphatic rings. The summed E-state index contributed by atoms with van der Waals surface area (Å²) in [5, 5.41) is 19.8. The van der Waals surface area contributed by atoms with Gasteiger partial charge in [-0.2, -0.15) is 5.10 Å². The van der Waals surface area contributed by atoms with Crippen LogP contribution in [-0.4, -0.2) is 46.6 Å². The Bertz CT molecular complexity index is 453. The predicted molar refractivity (Wildman–Crippen MR) is 82.0 cm³/mol. The lowest BCUT2D eigenvalue weighted by Crippen LogP contribution is -2.43. The van der Waals surface area contributed by atoms with Gasteiger partial charge in [-0.1, -0.05) is 0 Å². The van der Waals surface area contributed by atoms with Crippen LogP contribution in [0.1, 0.15) is 30.8 Å². The van der Waals surface area contributed by atoms with Gasteiger partial charge in [-0.15, -0.1) is 0 Å². The molecule has 0 amide bonds. The van der Waals surface area contributed by atoms with Crippen LogP contribution in [0, 0.1) is 13.8 Å². The molecule has 0 fully saturated rings. The predicted octanol–water partition coefficient (Wildman–Crippen LogP) is 0.515. The molecule has 1 rings (SSSR count). The minimum absolute atomic E-state index is 0.0613. The van der Waals surface area contributed by atoms with E-state index in [1.165, 1.54) is 11.3 Å². The Kier molecular flexibility index (Phi) is 6.51. The Morgan fingerprint density at radius 1 is 1.45 bits per heavy atom. The summed E-state index contributed by atoms with van der Waals surface area (Å²) < 4.78 is 1.92. The summed E-state index contributed by atoms with van der Waals surface area (Å²) in [5.74, 6) is 0.744. The van der Waals surface area contributed by atoms with Crippen molar-refractivity contribution in [3.63, 3.8) is 0 Å². The Morgan fingerprint density at radius 2 is 2.15 bits per heavy atom. The Morgan fingerprint density at radius 3 is 2.65 bits per heavy atom. The molecule has 1 atom stereocenters. The first-order valence-electron chi connectivity index (χ1n) is 7.14. The molecule has 0 radical (unpaired) electrons. The van der Waals surface area contributed by atoms with Gasteiger partial charge in [-0.05, 0) is 39.7 Å². The molecule has 0 saturated heterocycles. The summed E-state index contributed by atoms with van der Waals surface area (Å²) in [7, 11) is 1.97. The molecule has 20 heavy (non-hydrogen) atoms. The van der Waals surface area contributed by atoms with Gasteiger partial charge < -0.3 is 15.7 Å². The topological polar surface area (TPSA) is 74.5 Å². The molecule has 0 saturated carbocycles. The van der Waals surface area contributed by atoms with Crippen LogP contribution in [0.3, 0.4) is 0 Å². The lowest BCUT2D eigenvalue weighted by molar-refractivity contribution is 0.306. The van der Waals surface area contributed by atoms with Crippen molar-refractivity contribution in [1.29, 1.82) is 0 Å². The Hall–Kier alpha value is -1.56. The number of hydrogen-bond acceptors (Lipinski definition) is 3. The maximum absolute atomic E-state index is 8.85. The fourth-order valence-corrected chi connectivity index (χ4v) is 2.19. The Labute approximate surface area is 121 Å². The van der Waals surface area contributed by atoms with E-state index in [0.717, 1.165) is 24.6 Å². The molecule has 0 bridgehead atoms. The molecule has 0 aliphatic carbocycles. The number of aliphatic hydroxyl groups is 1. The molecule has 1 aromatic rings. The van der Waals surface area contributed by atoms with Gasteiger partial charge in [0.05, 0.1) is 18.8 Å². The molecule has 1 aromatic heterocycles. The van der Waals surface area contributed by atoms with Gasteiger partial charge >= 0.3 is 0 Å². The highest BCUT2D eigenvalue weighted by molar-refractivity contribution is 5.80. The minimum Gasteiger partial charge on any atom is -0.394 e. The van der Waals surface area contributed by atoms with Crippen LogP contribution in [0.5, 0.6) is 0 Å². The van der Waals surface area contributed by atoms with Crippen molar-refractivity contribution in [1.82, 2.24) is 20.4 Å². The summed E-state index contributed by atoms with van der Waals surface area (Å²) >= 11 is 0. The molecule has 1 unspecified atom stereocenters. The SMILES string of the molecule is CCNC(=NCCO)NC(C)Cc1c(C)nn(C)c1C. The second-order valence-electron chi connectivity index (χ2n) is 5.01. The number of hydrogen-bond donors (Lipinski definition) is 3. The zero-order valence-electron chi connectivity index (χ0n) is 13.2. The quantitative estimate of drug-likeness (QED) is 0.525. The van der Waals surface area contributed by atoms with Crippen LogP contribution in [0.4, 0.5) is 0 Å². The van der Waals surface area contributed by atoms with E-state index < -0.39 is 0 Å². The molecular formula is C14H27N5O. The van der Waals surface area contributed by atoms with Crippen molar-refractivity contribution < 1.29 is 5.11 Å². The molecule has 0 aliphatic heterocycles. The number of nitrogens with zero attached hydrogens (tertiary/aromatic N) is 3. The molecule has 0 spiro atoms. The average molecular weight is 281 g/mol. The zero-order valence-corrected chi connectivity index (χ0v) is 13.2. The van der Waals surface area contributed by atoms with Crippen LogP contribution in [0.25, 0.3) is 0 Å². The van der Waals surface area contributed by atoms with E-state index in [2.05, 4.69) is 34.6 Å². The number of rotatable bonds is 6. The fourth-order valence-electron chi connectivity index (χ4n) is 2.19. The van der Waals surface area contributed by atoms with E-state index in [-0.39, 0.29) is 12.6 Å². The van der Waals surface area contributed by atoms with Crippen molar-refractivity contribution in [2.75, 3.05) is 19.7 Å². The van der Waals surface area contributed by atoms with Crippen molar-refractivity contribution in [2.45, 2.75) is 40.2 Å². The zero-order chi connectivity index (χ0) is 15.1. The van der Waals surface area contributed by atoms with Crippen molar-refractivity contribution in [2.24, 2.45) is 12.0 Å². The summed E-state index contributed by atoms with van der Waals surface area (Å²) in [6.07, 6.45) is 0.898. The van der Waals surface area contributed by atoms with Crippen LogP contribution < -0.4 is 10.6 Å². The Balaban J connectivity index is 2.67. The highest BCUT2D eigenvalue weighted by Crippen LogP contribution is 2.13. The van der Waals surface area contributed by atoms with Crippen LogP contribution >= 0.6 is 0 Å².